The molecule has 2 aliphatic heterocycles. The van der Waals surface area contributed by atoms with Crippen molar-refractivity contribution in [1.82, 2.24) is 29.2 Å². The van der Waals surface area contributed by atoms with E-state index in [0.717, 1.165) is 51.1 Å². The third kappa shape index (κ3) is 8.26. The van der Waals surface area contributed by atoms with E-state index in [2.05, 4.69) is 51.3 Å². The number of hydrogen-bond acceptors (Lipinski definition) is 8. The molecule has 10 heteroatoms. The number of unbranched alkanes of at least 4 members (excludes halogenated alkanes) is 8. The molecule has 1 fully saturated rings. The van der Waals surface area contributed by atoms with E-state index < -0.39 is 5.60 Å². The predicted octanol–water partition coefficient (Wildman–Crippen LogP) is 7.16. The Labute approximate surface area is 285 Å². The molecule has 4 aromatic rings. The Hall–Kier alpha value is -3.76. The lowest BCUT2D eigenvalue weighted by molar-refractivity contribution is 0.0405. The van der Waals surface area contributed by atoms with Gasteiger partial charge in [0.25, 0.3) is 5.56 Å². The molecule has 1 aromatic carbocycles. The molecule has 48 heavy (non-hydrogen) atoms. The molecule has 0 radical (unpaired) electrons. The molecule has 2 bridgehead atoms. The second kappa shape index (κ2) is 16.1. The summed E-state index contributed by atoms with van der Waals surface area (Å²) in [6.45, 7) is 10.2. The molecule has 0 amide bonds. The summed E-state index contributed by atoms with van der Waals surface area (Å²) in [5.74, 6) is 0.975. The zero-order valence-corrected chi connectivity index (χ0v) is 29.0. The highest BCUT2D eigenvalue weighted by molar-refractivity contribution is 5.77. The lowest BCUT2D eigenvalue weighted by Gasteiger charge is -2.36. The SMILES string of the molecule is CCCCCCCCCCCN1CCN(c2ccc(Nc3ncc4c(=O)n5n(c4n3)-c3cccc(n3)[C@@](C)(O)CCCCC5)cc2)CC1. The summed E-state index contributed by atoms with van der Waals surface area (Å²) in [5.41, 5.74) is 2.03. The van der Waals surface area contributed by atoms with Gasteiger partial charge in [0.05, 0.1) is 5.69 Å². The molecule has 5 heterocycles. The van der Waals surface area contributed by atoms with Crippen molar-refractivity contribution in [2.45, 2.75) is 109 Å². The van der Waals surface area contributed by atoms with Crippen molar-refractivity contribution in [3.05, 3.63) is 64.7 Å². The first-order chi connectivity index (χ1) is 23.4. The predicted molar refractivity (Wildman–Crippen MR) is 195 cm³/mol. The fourth-order valence-corrected chi connectivity index (χ4v) is 7.16. The van der Waals surface area contributed by atoms with Crippen molar-refractivity contribution in [3.63, 3.8) is 0 Å². The first kappa shape index (κ1) is 34.1. The maximum atomic E-state index is 13.5. The van der Waals surface area contributed by atoms with Crippen LogP contribution >= 0.6 is 0 Å². The summed E-state index contributed by atoms with van der Waals surface area (Å²) in [6, 6.07) is 14.0. The molecule has 258 valence electrons. The number of hydrogen-bond donors (Lipinski definition) is 2. The fraction of sp³-hybridized carbons (Fsp3) is 0.579. The Kier molecular flexibility index (Phi) is 11.4. The van der Waals surface area contributed by atoms with Crippen LogP contribution in [0, 0.1) is 0 Å². The van der Waals surface area contributed by atoms with Gasteiger partial charge in [0.15, 0.2) is 11.5 Å². The molecule has 0 spiro atoms. The number of aromatic nitrogens is 5. The van der Waals surface area contributed by atoms with E-state index in [-0.39, 0.29) is 5.56 Å². The highest BCUT2D eigenvalue weighted by Gasteiger charge is 2.27. The van der Waals surface area contributed by atoms with Crippen LogP contribution in [0.4, 0.5) is 17.3 Å². The van der Waals surface area contributed by atoms with Crippen LogP contribution in [0.3, 0.4) is 0 Å². The second-order valence-corrected chi connectivity index (χ2v) is 14.0. The van der Waals surface area contributed by atoms with Gasteiger partial charge in [-0.05, 0) is 69.1 Å². The van der Waals surface area contributed by atoms with Crippen LogP contribution in [-0.4, -0.2) is 67.0 Å². The Bertz CT molecular complexity index is 1670. The van der Waals surface area contributed by atoms with E-state index >= 15 is 0 Å². The zero-order chi connectivity index (χ0) is 33.3. The molecule has 2 N–H and O–H groups in total. The number of piperazine rings is 1. The first-order valence-corrected chi connectivity index (χ1v) is 18.5. The molecular weight excluding hydrogens is 600 g/mol. The number of pyridine rings is 1. The Morgan fingerprint density at radius 2 is 1.56 bits per heavy atom. The summed E-state index contributed by atoms with van der Waals surface area (Å²) in [7, 11) is 0. The topological polar surface area (TPSA) is 104 Å². The normalized spacial score (nSPS) is 18.9. The molecule has 1 saturated heterocycles. The lowest BCUT2D eigenvalue weighted by Crippen LogP contribution is -2.46. The number of nitrogens with zero attached hydrogens (tertiary/aromatic N) is 7. The van der Waals surface area contributed by atoms with Gasteiger partial charge in [-0.3, -0.25) is 9.69 Å². The van der Waals surface area contributed by atoms with Crippen molar-refractivity contribution in [2.24, 2.45) is 0 Å². The number of benzene rings is 1. The Balaban J connectivity index is 1.07. The van der Waals surface area contributed by atoms with Crippen molar-refractivity contribution in [3.8, 4) is 5.82 Å². The van der Waals surface area contributed by atoms with Gasteiger partial charge in [0, 0.05) is 50.3 Å². The van der Waals surface area contributed by atoms with Gasteiger partial charge >= 0.3 is 0 Å². The Morgan fingerprint density at radius 1 is 0.833 bits per heavy atom. The van der Waals surface area contributed by atoms with E-state index in [1.807, 2.05) is 25.1 Å². The van der Waals surface area contributed by atoms with E-state index in [9.17, 15) is 9.90 Å². The first-order valence-electron chi connectivity index (χ1n) is 18.5. The van der Waals surface area contributed by atoms with Crippen LogP contribution in [0.2, 0.25) is 0 Å². The molecule has 3 aromatic heterocycles. The van der Waals surface area contributed by atoms with E-state index in [1.54, 1.807) is 15.6 Å². The maximum Gasteiger partial charge on any atom is 0.278 e. The third-order valence-corrected chi connectivity index (χ3v) is 10.2. The standard InChI is InChI=1S/C38H54N8O2/c1-3-4-5-6-7-8-9-10-13-23-43-25-27-44(28-26-43)31-20-18-30(19-21-31)40-37-39-29-32-35(42-37)46-34-17-15-16-33(41-34)38(2,48)22-12-11-14-24-45(46)36(32)47/h15-21,29,48H,3-14,22-28H2,1-2H3,(H,39,40,42)/t38-/m0/s1. The highest BCUT2D eigenvalue weighted by Crippen LogP contribution is 2.28. The van der Waals surface area contributed by atoms with Crippen LogP contribution in [0.1, 0.15) is 103 Å². The minimum Gasteiger partial charge on any atom is -0.384 e. The van der Waals surface area contributed by atoms with Gasteiger partial charge in [-0.1, -0.05) is 77.2 Å². The van der Waals surface area contributed by atoms with Gasteiger partial charge in [-0.25, -0.2) is 19.3 Å². The van der Waals surface area contributed by atoms with Crippen LogP contribution in [0.5, 0.6) is 0 Å². The fourth-order valence-electron chi connectivity index (χ4n) is 7.16. The summed E-state index contributed by atoms with van der Waals surface area (Å²) >= 11 is 0. The van der Waals surface area contributed by atoms with E-state index in [4.69, 9.17) is 9.97 Å². The van der Waals surface area contributed by atoms with Crippen LogP contribution in [0.25, 0.3) is 16.9 Å². The lowest BCUT2D eigenvalue weighted by atomic mass is 9.94. The van der Waals surface area contributed by atoms with E-state index in [1.165, 1.54) is 70.0 Å². The van der Waals surface area contributed by atoms with Crippen molar-refractivity contribution < 1.29 is 5.11 Å². The molecule has 0 unspecified atom stereocenters. The molecule has 1 atom stereocenters. The summed E-state index contributed by atoms with van der Waals surface area (Å²) in [4.78, 5) is 32.7. The second-order valence-electron chi connectivity index (χ2n) is 14.0. The maximum absolute atomic E-state index is 13.5. The van der Waals surface area contributed by atoms with Gasteiger partial charge in [0.1, 0.15) is 11.0 Å². The highest BCUT2D eigenvalue weighted by atomic mass is 16.3. The molecule has 0 aliphatic carbocycles. The van der Waals surface area contributed by atoms with Crippen molar-refractivity contribution >= 4 is 28.4 Å². The third-order valence-electron chi connectivity index (χ3n) is 10.2. The van der Waals surface area contributed by atoms with Gasteiger partial charge in [-0.2, -0.15) is 4.98 Å². The largest absolute Gasteiger partial charge is 0.384 e. The van der Waals surface area contributed by atoms with Crippen molar-refractivity contribution in [2.75, 3.05) is 42.9 Å². The van der Waals surface area contributed by atoms with Crippen LogP contribution in [0.15, 0.2) is 53.5 Å². The summed E-state index contributed by atoms with van der Waals surface area (Å²) in [5, 5.41) is 14.9. The molecule has 6 rings (SSSR count). The smallest absolute Gasteiger partial charge is 0.278 e. The molecule has 0 saturated carbocycles. The Morgan fingerprint density at radius 3 is 2.31 bits per heavy atom. The summed E-state index contributed by atoms with van der Waals surface area (Å²) in [6.07, 6.45) is 17.2. The number of aliphatic hydroxyl groups is 1. The van der Waals surface area contributed by atoms with Crippen LogP contribution < -0.4 is 15.8 Å². The van der Waals surface area contributed by atoms with Crippen molar-refractivity contribution in [1.29, 1.82) is 0 Å². The van der Waals surface area contributed by atoms with Gasteiger partial charge in [-0.15, -0.1) is 0 Å². The minimum atomic E-state index is -1.04. The average molecular weight is 655 g/mol. The van der Waals surface area contributed by atoms with Crippen LogP contribution in [-0.2, 0) is 12.1 Å². The average Bonchev–Trinajstić information content (AvgIpc) is 3.37. The summed E-state index contributed by atoms with van der Waals surface area (Å²) < 4.78 is 3.49. The minimum absolute atomic E-state index is 0.132. The molecule has 10 nitrogen and oxygen atoms in total. The van der Waals surface area contributed by atoms with E-state index in [0.29, 0.717) is 41.5 Å². The molecular formula is C38H54N8O2. The molecule has 2 aliphatic rings. The number of fused-ring (bicyclic) bond motifs is 6. The van der Waals surface area contributed by atoms with Gasteiger partial charge in [0.2, 0.25) is 5.95 Å². The number of rotatable bonds is 13. The number of anilines is 3. The monoisotopic (exact) mass is 654 g/mol. The van der Waals surface area contributed by atoms with Gasteiger partial charge < -0.3 is 15.3 Å². The number of nitrogens with one attached hydrogen (secondary N) is 1. The quantitative estimate of drug-likeness (QED) is 0.147. The zero-order valence-electron chi connectivity index (χ0n) is 29.0.